The van der Waals surface area contributed by atoms with Gasteiger partial charge in [-0.3, -0.25) is 4.90 Å². The molecule has 4 heteroatoms. The van der Waals surface area contributed by atoms with Crippen LogP contribution in [0.15, 0.2) is 24.3 Å². The minimum atomic E-state index is -0.220. The van der Waals surface area contributed by atoms with E-state index in [2.05, 4.69) is 11.8 Å². The van der Waals surface area contributed by atoms with Gasteiger partial charge in [0.25, 0.3) is 0 Å². The lowest BCUT2D eigenvalue weighted by atomic mass is 10.0. The Morgan fingerprint density at radius 3 is 3.11 bits per heavy atom. The van der Waals surface area contributed by atoms with Crippen LogP contribution >= 0.6 is 0 Å². The van der Waals surface area contributed by atoms with Gasteiger partial charge in [0, 0.05) is 25.2 Å². The smallest absolute Gasteiger partial charge is 0.123 e. The maximum atomic E-state index is 13.1. The summed E-state index contributed by atoms with van der Waals surface area (Å²) in [6, 6.07) is 6.90. The lowest BCUT2D eigenvalue weighted by Gasteiger charge is -2.33. The largest absolute Gasteiger partial charge is 0.379 e. The van der Waals surface area contributed by atoms with E-state index in [0.717, 1.165) is 38.3 Å². The molecule has 3 nitrogen and oxygen atoms in total. The Hall–Kier alpha value is -0.970. The lowest BCUT2D eigenvalue weighted by molar-refractivity contribution is -0.00140. The number of halogens is 1. The van der Waals surface area contributed by atoms with Gasteiger partial charge in [-0.15, -0.1) is 0 Å². The third-order valence-corrected chi connectivity index (χ3v) is 3.51. The molecule has 0 bridgehead atoms. The zero-order valence-corrected chi connectivity index (χ0v) is 10.8. The molecule has 0 saturated carbocycles. The van der Waals surface area contributed by atoms with Crippen LogP contribution in [0.25, 0.3) is 0 Å². The first kappa shape index (κ1) is 13.5. The Labute approximate surface area is 108 Å². The average Bonchev–Trinajstić information content (AvgIpc) is 2.37. The molecule has 2 atom stereocenters. The zero-order chi connectivity index (χ0) is 13.0. The molecule has 0 radical (unpaired) electrons. The van der Waals surface area contributed by atoms with Crippen molar-refractivity contribution in [2.45, 2.75) is 25.4 Å². The molecule has 2 unspecified atom stereocenters. The topological polar surface area (TPSA) is 38.5 Å². The van der Waals surface area contributed by atoms with Gasteiger partial charge in [-0.2, -0.15) is 0 Å². The van der Waals surface area contributed by atoms with Crippen molar-refractivity contribution >= 4 is 0 Å². The van der Waals surface area contributed by atoms with Crippen molar-refractivity contribution in [1.29, 1.82) is 0 Å². The normalized spacial score (nSPS) is 22.9. The Morgan fingerprint density at radius 2 is 2.39 bits per heavy atom. The van der Waals surface area contributed by atoms with Crippen LogP contribution in [0.3, 0.4) is 0 Å². The Kier molecular flexibility index (Phi) is 4.69. The van der Waals surface area contributed by atoms with Gasteiger partial charge in [0.05, 0.1) is 13.2 Å². The van der Waals surface area contributed by atoms with Crippen molar-refractivity contribution in [1.82, 2.24) is 4.90 Å². The fourth-order valence-electron chi connectivity index (χ4n) is 2.30. The second-order valence-electron chi connectivity index (χ2n) is 4.91. The number of morpholine rings is 1. The molecule has 1 aliphatic rings. The summed E-state index contributed by atoms with van der Waals surface area (Å²) in [5.41, 5.74) is 6.97. The van der Waals surface area contributed by atoms with Crippen LogP contribution in [0, 0.1) is 5.82 Å². The third-order valence-electron chi connectivity index (χ3n) is 3.51. The first-order valence-corrected chi connectivity index (χ1v) is 6.49. The minimum Gasteiger partial charge on any atom is -0.379 e. The summed E-state index contributed by atoms with van der Waals surface area (Å²) in [4.78, 5) is 2.38. The van der Waals surface area contributed by atoms with Crippen LogP contribution in [-0.2, 0) is 4.74 Å². The fourth-order valence-corrected chi connectivity index (χ4v) is 2.30. The Balaban J connectivity index is 1.86. The molecule has 18 heavy (non-hydrogen) atoms. The third kappa shape index (κ3) is 3.51. The van der Waals surface area contributed by atoms with E-state index in [0.29, 0.717) is 6.04 Å². The number of hydrogen-bond donors (Lipinski definition) is 1. The maximum absolute atomic E-state index is 13.1. The highest BCUT2D eigenvalue weighted by Gasteiger charge is 2.19. The van der Waals surface area contributed by atoms with Crippen molar-refractivity contribution in [2.75, 3.05) is 26.3 Å². The molecule has 1 fully saturated rings. The Morgan fingerprint density at radius 1 is 1.56 bits per heavy atom. The molecule has 100 valence electrons. The van der Waals surface area contributed by atoms with Gasteiger partial charge in [0.15, 0.2) is 0 Å². The van der Waals surface area contributed by atoms with E-state index in [-0.39, 0.29) is 11.9 Å². The van der Waals surface area contributed by atoms with Gasteiger partial charge in [-0.25, -0.2) is 4.39 Å². The van der Waals surface area contributed by atoms with Gasteiger partial charge in [-0.1, -0.05) is 12.1 Å². The molecular weight excluding hydrogens is 231 g/mol. The van der Waals surface area contributed by atoms with E-state index >= 15 is 0 Å². The van der Waals surface area contributed by atoms with E-state index in [9.17, 15) is 4.39 Å². The van der Waals surface area contributed by atoms with Gasteiger partial charge in [-0.05, 0) is 31.0 Å². The molecule has 1 saturated heterocycles. The number of rotatable bonds is 4. The molecule has 1 aromatic rings. The summed E-state index contributed by atoms with van der Waals surface area (Å²) in [6.07, 6.45) is 0.841. The van der Waals surface area contributed by atoms with Crippen molar-refractivity contribution in [3.63, 3.8) is 0 Å². The fraction of sp³-hybridized carbons (Fsp3) is 0.571. The number of benzene rings is 1. The molecular formula is C14H21FN2O. The summed E-state index contributed by atoms with van der Waals surface area (Å²) < 4.78 is 18.5. The van der Waals surface area contributed by atoms with Gasteiger partial charge in [0.1, 0.15) is 5.82 Å². The molecule has 1 aliphatic heterocycles. The quantitative estimate of drug-likeness (QED) is 0.890. The summed E-state index contributed by atoms with van der Waals surface area (Å²) in [5.74, 6) is -0.220. The second kappa shape index (κ2) is 6.27. The summed E-state index contributed by atoms with van der Waals surface area (Å²) >= 11 is 0. The SMILES string of the molecule is CC1COCCN1CCC(N)c1cccc(F)c1. The van der Waals surface area contributed by atoms with Gasteiger partial charge >= 0.3 is 0 Å². The minimum absolute atomic E-state index is 0.101. The van der Waals surface area contributed by atoms with Crippen LogP contribution in [-0.4, -0.2) is 37.2 Å². The monoisotopic (exact) mass is 252 g/mol. The molecule has 0 aliphatic carbocycles. The average molecular weight is 252 g/mol. The van der Waals surface area contributed by atoms with E-state index < -0.39 is 0 Å². The zero-order valence-electron chi connectivity index (χ0n) is 10.8. The number of nitrogens with two attached hydrogens (primary N) is 1. The highest BCUT2D eigenvalue weighted by Crippen LogP contribution is 2.17. The van der Waals surface area contributed by atoms with Crippen LogP contribution < -0.4 is 5.73 Å². The second-order valence-corrected chi connectivity index (χ2v) is 4.91. The van der Waals surface area contributed by atoms with Crippen molar-refractivity contribution in [3.05, 3.63) is 35.6 Å². The first-order chi connectivity index (χ1) is 8.66. The molecule has 0 amide bonds. The van der Waals surface area contributed by atoms with Crippen molar-refractivity contribution < 1.29 is 9.13 Å². The highest BCUT2D eigenvalue weighted by atomic mass is 19.1. The van der Waals surface area contributed by atoms with E-state index in [1.807, 2.05) is 6.07 Å². The van der Waals surface area contributed by atoms with Crippen LogP contribution in [0.2, 0.25) is 0 Å². The van der Waals surface area contributed by atoms with Crippen LogP contribution in [0.5, 0.6) is 0 Å². The number of ether oxygens (including phenoxy) is 1. The van der Waals surface area contributed by atoms with Crippen LogP contribution in [0.1, 0.15) is 24.9 Å². The van der Waals surface area contributed by atoms with Crippen molar-refractivity contribution in [2.24, 2.45) is 5.73 Å². The standard InChI is InChI=1S/C14H21FN2O/c1-11-10-18-8-7-17(11)6-5-14(16)12-3-2-4-13(15)9-12/h2-4,9,11,14H,5-8,10,16H2,1H3. The molecule has 1 heterocycles. The highest BCUT2D eigenvalue weighted by molar-refractivity contribution is 5.19. The summed E-state index contributed by atoms with van der Waals surface area (Å²) in [5, 5.41) is 0. The number of hydrogen-bond acceptors (Lipinski definition) is 3. The van der Waals surface area contributed by atoms with Gasteiger partial charge < -0.3 is 10.5 Å². The predicted molar refractivity (Wildman–Crippen MR) is 69.8 cm³/mol. The van der Waals surface area contributed by atoms with E-state index in [1.54, 1.807) is 6.07 Å². The molecule has 2 rings (SSSR count). The molecule has 0 aromatic heterocycles. The lowest BCUT2D eigenvalue weighted by Crippen LogP contribution is -2.44. The molecule has 2 N–H and O–H groups in total. The number of nitrogens with zero attached hydrogens (tertiary/aromatic N) is 1. The van der Waals surface area contributed by atoms with E-state index in [4.69, 9.17) is 10.5 Å². The summed E-state index contributed by atoms with van der Waals surface area (Å²) in [6.45, 7) is 5.63. The van der Waals surface area contributed by atoms with Crippen LogP contribution in [0.4, 0.5) is 4.39 Å². The molecule has 1 aromatic carbocycles. The van der Waals surface area contributed by atoms with E-state index in [1.165, 1.54) is 12.1 Å². The molecule has 0 spiro atoms. The van der Waals surface area contributed by atoms with Crippen molar-refractivity contribution in [3.8, 4) is 0 Å². The first-order valence-electron chi connectivity index (χ1n) is 6.49. The summed E-state index contributed by atoms with van der Waals surface area (Å²) in [7, 11) is 0. The van der Waals surface area contributed by atoms with Gasteiger partial charge in [0.2, 0.25) is 0 Å². The Bertz CT molecular complexity index is 386. The maximum Gasteiger partial charge on any atom is 0.123 e. The predicted octanol–water partition coefficient (Wildman–Crippen LogP) is 1.94.